The molecule has 5 heteroatoms. The van der Waals surface area contributed by atoms with Crippen molar-refractivity contribution < 1.29 is 14.3 Å². The van der Waals surface area contributed by atoms with Crippen LogP contribution in [0.1, 0.15) is 19.3 Å². The molecule has 0 saturated carbocycles. The molecule has 2 fully saturated rings. The Kier molecular flexibility index (Phi) is 2.89. The fraction of sp³-hybridized carbons (Fsp3) is 0.429. The van der Waals surface area contributed by atoms with Crippen molar-refractivity contribution in [3.05, 3.63) is 24.3 Å². The number of amides is 3. The largest absolute Gasteiger partial charge is 0.495 e. The molecule has 1 aromatic rings. The molecule has 0 unspecified atom stereocenters. The number of nitrogens with zero attached hydrogens (tertiary/aromatic N) is 2. The molecule has 0 spiro atoms. The van der Waals surface area contributed by atoms with E-state index in [1.165, 1.54) is 12.0 Å². The van der Waals surface area contributed by atoms with Crippen molar-refractivity contribution >= 4 is 17.6 Å². The number of anilines is 1. The number of ether oxygens (including phenoxy) is 1. The van der Waals surface area contributed by atoms with Gasteiger partial charge in [-0.25, -0.2) is 9.69 Å². The number of hydrogen-bond donors (Lipinski definition) is 0. The number of urea groups is 1. The van der Waals surface area contributed by atoms with Crippen LogP contribution in [0.2, 0.25) is 0 Å². The Labute approximate surface area is 111 Å². The third-order valence-electron chi connectivity index (χ3n) is 3.77. The van der Waals surface area contributed by atoms with E-state index in [4.69, 9.17) is 4.74 Å². The summed E-state index contributed by atoms with van der Waals surface area (Å²) in [4.78, 5) is 27.8. The minimum atomic E-state index is -0.286. The Balaban J connectivity index is 2.00. The van der Waals surface area contributed by atoms with Crippen LogP contribution < -0.4 is 9.64 Å². The quantitative estimate of drug-likeness (QED) is 0.764. The first kappa shape index (κ1) is 12.0. The Morgan fingerprint density at radius 1 is 1.21 bits per heavy atom. The van der Waals surface area contributed by atoms with Crippen molar-refractivity contribution in [2.24, 2.45) is 0 Å². The van der Waals surface area contributed by atoms with Gasteiger partial charge in [0.1, 0.15) is 11.8 Å². The zero-order valence-electron chi connectivity index (χ0n) is 10.8. The first-order valence-corrected chi connectivity index (χ1v) is 6.51. The molecule has 0 bridgehead atoms. The van der Waals surface area contributed by atoms with Gasteiger partial charge < -0.3 is 9.64 Å². The number of benzene rings is 1. The summed E-state index contributed by atoms with van der Waals surface area (Å²) in [7, 11) is 1.54. The van der Waals surface area contributed by atoms with Crippen LogP contribution in [0.15, 0.2) is 24.3 Å². The van der Waals surface area contributed by atoms with Crippen LogP contribution in [0.3, 0.4) is 0 Å². The van der Waals surface area contributed by atoms with Gasteiger partial charge in [0, 0.05) is 6.54 Å². The average Bonchev–Trinajstić information content (AvgIpc) is 2.71. The molecular formula is C14H16N2O3. The molecular weight excluding hydrogens is 244 g/mol. The smallest absolute Gasteiger partial charge is 0.332 e. The van der Waals surface area contributed by atoms with Gasteiger partial charge in [0.25, 0.3) is 5.91 Å². The standard InChI is InChI=1S/C14H16N2O3/c1-19-12-8-3-2-6-10(12)16-13(17)11-7-4-5-9-15(11)14(16)18/h2-3,6,8,11H,4-5,7,9H2,1H3/t11-/m0/s1. The molecule has 0 radical (unpaired) electrons. The van der Waals surface area contributed by atoms with E-state index in [-0.39, 0.29) is 18.0 Å². The van der Waals surface area contributed by atoms with Crippen molar-refractivity contribution in [2.45, 2.75) is 25.3 Å². The molecule has 3 rings (SSSR count). The number of hydrogen-bond acceptors (Lipinski definition) is 3. The van der Waals surface area contributed by atoms with Crippen molar-refractivity contribution in [2.75, 3.05) is 18.6 Å². The maximum Gasteiger partial charge on any atom is 0.332 e. The molecule has 5 nitrogen and oxygen atoms in total. The molecule has 0 N–H and O–H groups in total. The zero-order valence-corrected chi connectivity index (χ0v) is 10.8. The molecule has 0 aromatic heterocycles. The number of imide groups is 1. The second-order valence-electron chi connectivity index (χ2n) is 4.83. The van der Waals surface area contributed by atoms with E-state index >= 15 is 0 Å². The fourth-order valence-corrected chi connectivity index (χ4v) is 2.83. The van der Waals surface area contributed by atoms with E-state index in [0.717, 1.165) is 19.3 Å². The average molecular weight is 260 g/mol. The van der Waals surface area contributed by atoms with Crippen LogP contribution in [0.4, 0.5) is 10.5 Å². The second-order valence-corrected chi connectivity index (χ2v) is 4.83. The summed E-state index contributed by atoms with van der Waals surface area (Å²) in [5, 5.41) is 0. The normalized spacial score (nSPS) is 22.7. The van der Waals surface area contributed by atoms with Gasteiger partial charge in [-0.05, 0) is 31.4 Å². The number of carbonyl (C=O) groups is 2. The first-order valence-electron chi connectivity index (χ1n) is 6.51. The third kappa shape index (κ3) is 1.77. The lowest BCUT2D eigenvalue weighted by atomic mass is 10.0. The van der Waals surface area contributed by atoms with Crippen LogP contribution in [0.5, 0.6) is 5.75 Å². The lowest BCUT2D eigenvalue weighted by Crippen LogP contribution is -2.39. The van der Waals surface area contributed by atoms with Crippen LogP contribution >= 0.6 is 0 Å². The van der Waals surface area contributed by atoms with Gasteiger partial charge in [-0.2, -0.15) is 0 Å². The van der Waals surface area contributed by atoms with E-state index in [2.05, 4.69) is 0 Å². The summed E-state index contributed by atoms with van der Waals surface area (Å²) in [6.45, 7) is 0.668. The minimum absolute atomic E-state index is 0.130. The molecule has 2 aliphatic rings. The number of fused-ring (bicyclic) bond motifs is 1. The van der Waals surface area contributed by atoms with Crippen molar-refractivity contribution in [1.29, 1.82) is 0 Å². The Morgan fingerprint density at radius 3 is 2.74 bits per heavy atom. The number of methoxy groups -OCH3 is 1. The lowest BCUT2D eigenvalue weighted by molar-refractivity contribution is -0.120. The topological polar surface area (TPSA) is 49.9 Å². The summed E-state index contributed by atoms with van der Waals surface area (Å²) in [6, 6.07) is 6.61. The molecule has 1 atom stereocenters. The predicted octanol–water partition coefficient (Wildman–Crippen LogP) is 2.02. The van der Waals surface area contributed by atoms with Gasteiger partial charge in [0.05, 0.1) is 12.8 Å². The Bertz CT molecular complexity index is 505. The summed E-state index contributed by atoms with van der Waals surface area (Å²) in [6.07, 6.45) is 2.73. The summed E-state index contributed by atoms with van der Waals surface area (Å²) < 4.78 is 5.24. The van der Waals surface area contributed by atoms with Gasteiger partial charge in [-0.1, -0.05) is 12.1 Å². The zero-order chi connectivity index (χ0) is 13.4. The van der Waals surface area contributed by atoms with Gasteiger partial charge in [-0.15, -0.1) is 0 Å². The highest BCUT2D eigenvalue weighted by Crippen LogP contribution is 2.35. The van der Waals surface area contributed by atoms with Crippen LogP contribution in [0.25, 0.3) is 0 Å². The van der Waals surface area contributed by atoms with Gasteiger partial charge in [0.2, 0.25) is 0 Å². The second kappa shape index (κ2) is 4.57. The molecule has 100 valence electrons. The van der Waals surface area contributed by atoms with Crippen LogP contribution in [0, 0.1) is 0 Å². The van der Waals surface area contributed by atoms with Crippen molar-refractivity contribution in [3.8, 4) is 5.75 Å². The molecule has 2 saturated heterocycles. The number of rotatable bonds is 2. The highest BCUT2D eigenvalue weighted by molar-refractivity contribution is 6.22. The van der Waals surface area contributed by atoms with Gasteiger partial charge in [0.15, 0.2) is 0 Å². The number of para-hydroxylation sites is 2. The lowest BCUT2D eigenvalue weighted by Gasteiger charge is -2.26. The molecule has 19 heavy (non-hydrogen) atoms. The fourth-order valence-electron chi connectivity index (χ4n) is 2.83. The maximum atomic E-state index is 12.4. The van der Waals surface area contributed by atoms with E-state index in [1.54, 1.807) is 23.1 Å². The van der Waals surface area contributed by atoms with Gasteiger partial charge >= 0.3 is 6.03 Å². The number of piperidine rings is 1. The van der Waals surface area contributed by atoms with Crippen molar-refractivity contribution in [3.63, 3.8) is 0 Å². The molecule has 2 heterocycles. The highest BCUT2D eigenvalue weighted by Gasteiger charge is 2.47. The molecule has 0 aliphatic carbocycles. The Hall–Kier alpha value is -2.04. The van der Waals surface area contributed by atoms with Crippen molar-refractivity contribution in [1.82, 2.24) is 4.90 Å². The number of carbonyl (C=O) groups excluding carboxylic acids is 2. The van der Waals surface area contributed by atoms with E-state index < -0.39 is 0 Å². The molecule has 2 aliphatic heterocycles. The molecule has 3 amide bonds. The summed E-state index contributed by atoms with van der Waals surface area (Å²) in [5.41, 5.74) is 0.536. The maximum absolute atomic E-state index is 12.4. The van der Waals surface area contributed by atoms with E-state index in [1.807, 2.05) is 6.07 Å². The summed E-state index contributed by atoms with van der Waals surface area (Å²) in [5.74, 6) is 0.415. The van der Waals surface area contributed by atoms with Crippen LogP contribution in [-0.4, -0.2) is 36.5 Å². The predicted molar refractivity (Wildman–Crippen MR) is 70.2 cm³/mol. The first-order chi connectivity index (χ1) is 9.24. The SMILES string of the molecule is COc1ccccc1N1C(=O)[C@@H]2CCCCN2C1=O. The highest BCUT2D eigenvalue weighted by atomic mass is 16.5. The van der Waals surface area contributed by atoms with Gasteiger partial charge in [-0.3, -0.25) is 4.79 Å². The third-order valence-corrected chi connectivity index (χ3v) is 3.77. The minimum Gasteiger partial charge on any atom is -0.495 e. The molecule has 1 aromatic carbocycles. The monoisotopic (exact) mass is 260 g/mol. The Morgan fingerprint density at radius 2 is 2.00 bits per heavy atom. The van der Waals surface area contributed by atoms with Crippen LogP contribution in [-0.2, 0) is 4.79 Å². The van der Waals surface area contributed by atoms with E-state index in [0.29, 0.717) is 18.0 Å². The van der Waals surface area contributed by atoms with E-state index in [9.17, 15) is 9.59 Å². The summed E-state index contributed by atoms with van der Waals surface area (Å²) >= 11 is 0.